The normalized spacial score (nSPS) is 17.2. The summed E-state index contributed by atoms with van der Waals surface area (Å²) in [6.07, 6.45) is 2.80. The van der Waals surface area contributed by atoms with Crippen LogP contribution in [0.1, 0.15) is 6.92 Å². The van der Waals surface area contributed by atoms with Crippen molar-refractivity contribution in [3.05, 3.63) is 0 Å². The maximum Gasteiger partial charge on any atom is 0.543 e. The summed E-state index contributed by atoms with van der Waals surface area (Å²) >= 11 is 0. The average molecular weight is 112 g/mol. The lowest BCUT2D eigenvalue weighted by Crippen LogP contribution is -2.22. The third-order valence-electron chi connectivity index (χ3n) is 1.10. The lowest BCUT2D eigenvalue weighted by molar-refractivity contribution is 0.265. The van der Waals surface area contributed by atoms with Gasteiger partial charge in [-0.25, -0.2) is 5.01 Å². The van der Waals surface area contributed by atoms with Crippen molar-refractivity contribution in [1.82, 2.24) is 9.91 Å². The fourth-order valence-electron chi connectivity index (χ4n) is 0.618. The zero-order chi connectivity index (χ0) is 5.98. The first kappa shape index (κ1) is 5.32. The Hall–Kier alpha value is -0.820. The molecule has 1 aliphatic rings. The summed E-state index contributed by atoms with van der Waals surface area (Å²) < 4.78 is 0. The smallest absolute Gasteiger partial charge is 0.225 e. The van der Waals surface area contributed by atoms with Crippen LogP contribution in [0.2, 0.25) is 0 Å². The van der Waals surface area contributed by atoms with E-state index in [-0.39, 0.29) is 0 Å². The topological polar surface area (TPSA) is 18.8 Å². The third-order valence-corrected chi connectivity index (χ3v) is 1.10. The van der Waals surface area contributed by atoms with Gasteiger partial charge in [-0.3, -0.25) is 0 Å². The van der Waals surface area contributed by atoms with Gasteiger partial charge in [0.1, 0.15) is 5.10 Å². The van der Waals surface area contributed by atoms with Crippen molar-refractivity contribution in [3.63, 3.8) is 0 Å². The second-order valence-corrected chi connectivity index (χ2v) is 1.86. The molecule has 0 aromatic rings. The van der Waals surface area contributed by atoms with Crippen LogP contribution in [0.25, 0.3) is 0 Å². The summed E-state index contributed by atoms with van der Waals surface area (Å²) in [7, 11) is 1.96. The molecular weight excluding hydrogens is 102 g/mol. The molecule has 0 bridgehead atoms. The van der Waals surface area contributed by atoms with E-state index in [4.69, 9.17) is 0 Å². The minimum absolute atomic E-state index is 0.885. The van der Waals surface area contributed by atoms with Gasteiger partial charge in [-0.05, 0) is 6.92 Å². The second kappa shape index (κ2) is 1.97. The van der Waals surface area contributed by atoms with Gasteiger partial charge in [-0.2, -0.15) is 0 Å². The number of hydrogen-bond donors (Lipinski definition) is 0. The minimum Gasteiger partial charge on any atom is -0.225 e. The maximum absolute atomic E-state index is 3.94. The molecule has 0 saturated carbocycles. The van der Waals surface area contributed by atoms with E-state index in [1.165, 1.54) is 0 Å². The fraction of sp³-hybridized carbons (Fsp3) is 0.800. The highest BCUT2D eigenvalue weighted by atomic mass is 15.6. The van der Waals surface area contributed by atoms with Crippen LogP contribution in [0, 0.1) is 0 Å². The Labute approximate surface area is 49.6 Å². The van der Waals surface area contributed by atoms with Gasteiger partial charge in [0.05, 0.1) is 7.05 Å². The molecule has 0 aliphatic carbocycles. The van der Waals surface area contributed by atoms with Crippen LogP contribution in [0.5, 0.6) is 0 Å². The maximum atomic E-state index is 3.94. The van der Waals surface area contributed by atoms with Crippen molar-refractivity contribution in [2.24, 2.45) is 5.10 Å². The van der Waals surface area contributed by atoms with Crippen molar-refractivity contribution in [3.8, 4) is 0 Å². The zero-order valence-electron chi connectivity index (χ0n) is 5.26. The number of rotatable bonds is 1. The Balaban J connectivity index is 2.34. The highest BCUT2D eigenvalue weighted by Crippen LogP contribution is 1.96. The van der Waals surface area contributed by atoms with Gasteiger partial charge in [-0.15, -0.1) is 4.90 Å². The van der Waals surface area contributed by atoms with Gasteiger partial charge < -0.3 is 0 Å². The Kier molecular flexibility index (Phi) is 1.31. The predicted molar refractivity (Wildman–Crippen MR) is 32.4 cm³/mol. The molecular formula is C5H10N3+. The Morgan fingerprint density at radius 3 is 2.75 bits per heavy atom. The van der Waals surface area contributed by atoms with E-state index in [9.17, 15) is 0 Å². The molecule has 3 heteroatoms. The van der Waals surface area contributed by atoms with Crippen molar-refractivity contribution in [1.29, 1.82) is 0 Å². The predicted octanol–water partition coefficient (Wildman–Crippen LogP) is 0.0315. The SMILES string of the molecule is CCN1CN(C)[C+]=N1. The second-order valence-electron chi connectivity index (χ2n) is 1.86. The Morgan fingerprint density at radius 1 is 1.75 bits per heavy atom. The molecule has 8 heavy (non-hydrogen) atoms. The van der Waals surface area contributed by atoms with Crippen LogP contribution in [-0.4, -0.2) is 36.5 Å². The molecule has 0 amide bonds. The van der Waals surface area contributed by atoms with Crippen molar-refractivity contribution >= 4 is 6.34 Å². The standard InChI is InChI=1S/C5H10N3/c1-3-8-5-7(2)4-6-8/h3,5H2,1-2H3/q+1. The van der Waals surface area contributed by atoms with Crippen molar-refractivity contribution in [2.45, 2.75) is 6.92 Å². The quantitative estimate of drug-likeness (QED) is 0.446. The van der Waals surface area contributed by atoms with Gasteiger partial charge in [0.25, 0.3) is 0 Å². The molecule has 0 spiro atoms. The first-order valence-electron chi connectivity index (χ1n) is 2.75. The van der Waals surface area contributed by atoms with Gasteiger partial charge in [0.15, 0.2) is 6.67 Å². The van der Waals surface area contributed by atoms with Gasteiger partial charge in [0, 0.05) is 6.54 Å². The first-order valence-corrected chi connectivity index (χ1v) is 2.75. The molecule has 0 aromatic heterocycles. The molecule has 0 atom stereocenters. The molecule has 0 aromatic carbocycles. The van der Waals surface area contributed by atoms with E-state index in [1.54, 1.807) is 0 Å². The van der Waals surface area contributed by atoms with E-state index in [2.05, 4.69) is 18.4 Å². The van der Waals surface area contributed by atoms with Crippen LogP contribution in [0.15, 0.2) is 5.10 Å². The van der Waals surface area contributed by atoms with Crippen LogP contribution < -0.4 is 0 Å². The van der Waals surface area contributed by atoms with Crippen LogP contribution in [0.3, 0.4) is 0 Å². The molecule has 0 N–H and O–H groups in total. The highest BCUT2D eigenvalue weighted by molar-refractivity contribution is 5.55. The summed E-state index contributed by atoms with van der Waals surface area (Å²) in [5.74, 6) is 0. The van der Waals surface area contributed by atoms with Gasteiger partial charge >= 0.3 is 6.34 Å². The zero-order valence-corrected chi connectivity index (χ0v) is 5.26. The van der Waals surface area contributed by atoms with E-state index >= 15 is 0 Å². The van der Waals surface area contributed by atoms with E-state index in [0.29, 0.717) is 0 Å². The fourth-order valence-corrected chi connectivity index (χ4v) is 0.618. The molecule has 1 heterocycles. The summed E-state index contributed by atoms with van der Waals surface area (Å²) in [5, 5.41) is 5.89. The lowest BCUT2D eigenvalue weighted by atomic mass is 10.7. The summed E-state index contributed by atoms with van der Waals surface area (Å²) in [4.78, 5) is 1.92. The van der Waals surface area contributed by atoms with Crippen LogP contribution in [0.4, 0.5) is 0 Å². The minimum atomic E-state index is 0.885. The monoisotopic (exact) mass is 112 g/mol. The highest BCUT2D eigenvalue weighted by Gasteiger charge is 2.20. The van der Waals surface area contributed by atoms with E-state index in [0.717, 1.165) is 13.2 Å². The number of nitrogens with zero attached hydrogens (tertiary/aromatic N) is 3. The molecule has 0 saturated heterocycles. The number of hydrazone groups is 1. The average Bonchev–Trinajstić information content (AvgIpc) is 2.14. The van der Waals surface area contributed by atoms with Crippen LogP contribution in [-0.2, 0) is 0 Å². The summed E-state index contributed by atoms with van der Waals surface area (Å²) in [5.41, 5.74) is 0. The van der Waals surface area contributed by atoms with Gasteiger partial charge in [-0.1, -0.05) is 0 Å². The molecule has 3 nitrogen and oxygen atoms in total. The largest absolute Gasteiger partial charge is 0.543 e. The number of hydrogen-bond acceptors (Lipinski definition) is 3. The van der Waals surface area contributed by atoms with E-state index in [1.807, 2.05) is 17.0 Å². The van der Waals surface area contributed by atoms with E-state index < -0.39 is 0 Å². The van der Waals surface area contributed by atoms with Crippen molar-refractivity contribution in [2.75, 3.05) is 20.3 Å². The third kappa shape index (κ3) is 0.873. The molecule has 0 radical (unpaired) electrons. The molecule has 1 aliphatic heterocycles. The van der Waals surface area contributed by atoms with Gasteiger partial charge in [0.2, 0.25) is 0 Å². The summed E-state index contributed by atoms with van der Waals surface area (Å²) in [6, 6.07) is 0. The molecule has 0 fully saturated rings. The lowest BCUT2D eigenvalue weighted by Gasteiger charge is -2.03. The molecule has 1 rings (SSSR count). The van der Waals surface area contributed by atoms with Crippen LogP contribution >= 0.6 is 0 Å². The Morgan fingerprint density at radius 2 is 2.50 bits per heavy atom. The molecule has 0 unspecified atom stereocenters. The molecule has 44 valence electrons. The first-order chi connectivity index (χ1) is 3.83. The van der Waals surface area contributed by atoms with Crippen molar-refractivity contribution < 1.29 is 0 Å². The Bertz CT molecular complexity index is 99.8. The summed E-state index contributed by atoms with van der Waals surface area (Å²) in [6.45, 7) is 3.93.